The van der Waals surface area contributed by atoms with Gasteiger partial charge in [-0.2, -0.15) is 0 Å². The molecule has 176 valence electrons. The van der Waals surface area contributed by atoms with Gasteiger partial charge in [0.2, 0.25) is 5.91 Å². The van der Waals surface area contributed by atoms with Crippen molar-refractivity contribution in [2.45, 2.75) is 26.0 Å². The average Bonchev–Trinajstić information content (AvgIpc) is 3.39. The van der Waals surface area contributed by atoms with Crippen LogP contribution in [0.5, 0.6) is 0 Å². The van der Waals surface area contributed by atoms with Crippen LogP contribution in [-0.4, -0.2) is 31.5 Å². The highest BCUT2D eigenvalue weighted by atomic mass is 19.1. The number of benzene rings is 3. The van der Waals surface area contributed by atoms with Crippen molar-refractivity contribution in [3.63, 3.8) is 0 Å². The summed E-state index contributed by atoms with van der Waals surface area (Å²) >= 11 is 0. The Bertz CT molecular complexity index is 1110. The van der Waals surface area contributed by atoms with Crippen molar-refractivity contribution < 1.29 is 18.7 Å². The summed E-state index contributed by atoms with van der Waals surface area (Å²) in [6, 6.07) is 21.0. The van der Waals surface area contributed by atoms with Crippen LogP contribution in [0.4, 0.5) is 15.8 Å². The monoisotopic (exact) mass is 461 g/mol. The second-order valence-corrected chi connectivity index (χ2v) is 8.26. The number of amides is 2. The lowest BCUT2D eigenvalue weighted by molar-refractivity contribution is -0.121. The van der Waals surface area contributed by atoms with Crippen LogP contribution in [-0.2, 0) is 22.7 Å². The topological polar surface area (TPSA) is 70.7 Å². The van der Waals surface area contributed by atoms with Gasteiger partial charge < -0.3 is 20.3 Å². The van der Waals surface area contributed by atoms with Crippen LogP contribution in [0.2, 0.25) is 0 Å². The maximum atomic E-state index is 13.2. The second kappa shape index (κ2) is 11.4. The number of carbonyl (C=O) groups excluding carboxylic acids is 2. The number of rotatable bonds is 9. The van der Waals surface area contributed by atoms with E-state index in [1.54, 1.807) is 24.3 Å². The molecular formula is C27H28FN3O3. The summed E-state index contributed by atoms with van der Waals surface area (Å²) < 4.78 is 18.7. The molecule has 2 N–H and O–H groups in total. The van der Waals surface area contributed by atoms with E-state index in [1.807, 2.05) is 36.4 Å². The highest BCUT2D eigenvalue weighted by Gasteiger charge is 2.20. The fourth-order valence-electron chi connectivity index (χ4n) is 3.94. The largest absolute Gasteiger partial charge is 0.371 e. The highest BCUT2D eigenvalue weighted by molar-refractivity contribution is 6.02. The first-order valence-electron chi connectivity index (χ1n) is 11.4. The summed E-state index contributed by atoms with van der Waals surface area (Å²) in [4.78, 5) is 27.6. The minimum absolute atomic E-state index is 0.0884. The zero-order chi connectivity index (χ0) is 23.8. The SMILES string of the molecule is O=C(COCc1ccccc1)Nc1ccc(N2CCCC2)c(C(=O)NCc2ccc(F)cc2)c1. The third-order valence-corrected chi connectivity index (χ3v) is 5.68. The molecule has 0 atom stereocenters. The van der Waals surface area contributed by atoms with Crippen molar-refractivity contribution in [2.24, 2.45) is 0 Å². The van der Waals surface area contributed by atoms with E-state index in [0.29, 0.717) is 17.9 Å². The smallest absolute Gasteiger partial charge is 0.253 e. The van der Waals surface area contributed by atoms with Crippen molar-refractivity contribution in [2.75, 3.05) is 29.9 Å². The lowest BCUT2D eigenvalue weighted by Gasteiger charge is -2.22. The summed E-state index contributed by atoms with van der Waals surface area (Å²) in [6.45, 7) is 2.31. The molecule has 1 aliphatic heterocycles. The molecule has 0 aromatic heterocycles. The summed E-state index contributed by atoms with van der Waals surface area (Å²) in [6.07, 6.45) is 2.15. The number of hydrogen-bond donors (Lipinski definition) is 2. The van der Waals surface area contributed by atoms with Gasteiger partial charge in [0.1, 0.15) is 12.4 Å². The van der Waals surface area contributed by atoms with Gasteiger partial charge in [-0.15, -0.1) is 0 Å². The number of hydrogen-bond acceptors (Lipinski definition) is 4. The van der Waals surface area contributed by atoms with Crippen LogP contribution in [0.1, 0.15) is 34.3 Å². The van der Waals surface area contributed by atoms with Crippen molar-refractivity contribution in [3.8, 4) is 0 Å². The van der Waals surface area contributed by atoms with E-state index < -0.39 is 0 Å². The first-order chi connectivity index (χ1) is 16.6. The summed E-state index contributed by atoms with van der Waals surface area (Å²) in [5, 5.41) is 5.72. The molecule has 7 heteroatoms. The van der Waals surface area contributed by atoms with Gasteiger partial charge in [-0.3, -0.25) is 9.59 Å². The molecule has 0 aliphatic carbocycles. The standard InChI is InChI=1S/C27H28FN3O3/c28-22-10-8-20(9-11-22)17-29-27(33)24-16-23(12-13-25(24)31-14-4-5-15-31)30-26(32)19-34-18-21-6-2-1-3-7-21/h1-3,6-13,16H,4-5,14-15,17-19H2,(H,29,33)(H,30,32). The Morgan fingerprint density at radius 3 is 2.38 bits per heavy atom. The molecule has 3 aromatic rings. The van der Waals surface area contributed by atoms with Crippen molar-refractivity contribution in [1.82, 2.24) is 5.32 Å². The minimum Gasteiger partial charge on any atom is -0.371 e. The third kappa shape index (κ3) is 6.42. The summed E-state index contributed by atoms with van der Waals surface area (Å²) in [5.41, 5.74) is 3.66. The Kier molecular flexibility index (Phi) is 7.88. The molecule has 34 heavy (non-hydrogen) atoms. The molecule has 0 unspecified atom stereocenters. The van der Waals surface area contributed by atoms with Gasteiger partial charge in [-0.25, -0.2) is 4.39 Å². The normalized spacial score (nSPS) is 13.0. The second-order valence-electron chi connectivity index (χ2n) is 8.26. The Morgan fingerprint density at radius 2 is 1.65 bits per heavy atom. The zero-order valence-corrected chi connectivity index (χ0v) is 18.9. The van der Waals surface area contributed by atoms with Gasteiger partial charge in [0.15, 0.2) is 0 Å². The van der Waals surface area contributed by atoms with Crippen LogP contribution in [0.25, 0.3) is 0 Å². The van der Waals surface area contributed by atoms with E-state index in [1.165, 1.54) is 12.1 Å². The molecule has 0 radical (unpaired) electrons. The average molecular weight is 462 g/mol. The Hall–Kier alpha value is -3.71. The molecule has 0 bridgehead atoms. The molecule has 1 aliphatic rings. The molecule has 1 saturated heterocycles. The summed E-state index contributed by atoms with van der Waals surface area (Å²) in [5.74, 6) is -0.854. The fourth-order valence-corrected chi connectivity index (χ4v) is 3.94. The van der Waals surface area contributed by atoms with Gasteiger partial charge in [-0.05, 0) is 54.3 Å². The van der Waals surface area contributed by atoms with Crippen molar-refractivity contribution in [3.05, 3.63) is 95.3 Å². The van der Waals surface area contributed by atoms with Crippen LogP contribution in [0.3, 0.4) is 0 Å². The number of ether oxygens (including phenoxy) is 1. The van der Waals surface area contributed by atoms with E-state index in [4.69, 9.17) is 4.74 Å². The predicted molar refractivity (Wildman–Crippen MR) is 130 cm³/mol. The molecule has 4 rings (SSSR count). The number of anilines is 2. The van der Waals surface area contributed by atoms with Gasteiger partial charge in [0.05, 0.1) is 12.2 Å². The fraction of sp³-hybridized carbons (Fsp3) is 0.259. The van der Waals surface area contributed by atoms with E-state index in [9.17, 15) is 14.0 Å². The molecule has 0 saturated carbocycles. The third-order valence-electron chi connectivity index (χ3n) is 5.68. The quantitative estimate of drug-likeness (QED) is 0.492. The number of nitrogens with zero attached hydrogens (tertiary/aromatic N) is 1. The van der Waals surface area contributed by atoms with Crippen LogP contribution >= 0.6 is 0 Å². The molecule has 1 fully saturated rings. The van der Waals surface area contributed by atoms with Gasteiger partial charge >= 0.3 is 0 Å². The number of halogens is 1. The first kappa shape index (κ1) is 23.4. The van der Waals surface area contributed by atoms with Gasteiger partial charge in [-0.1, -0.05) is 42.5 Å². The molecule has 1 heterocycles. The molecule has 0 spiro atoms. The minimum atomic E-state index is -0.317. The molecule has 2 amide bonds. The van der Waals surface area contributed by atoms with Gasteiger partial charge in [0.25, 0.3) is 5.91 Å². The predicted octanol–water partition coefficient (Wildman–Crippen LogP) is 4.51. The van der Waals surface area contributed by atoms with Gasteiger partial charge in [0, 0.05) is 31.0 Å². The van der Waals surface area contributed by atoms with E-state index >= 15 is 0 Å². The van der Waals surface area contributed by atoms with E-state index in [0.717, 1.165) is 42.7 Å². The number of carbonyl (C=O) groups is 2. The Balaban J connectivity index is 1.41. The maximum Gasteiger partial charge on any atom is 0.253 e. The van der Waals surface area contributed by atoms with Crippen LogP contribution in [0, 0.1) is 5.82 Å². The molecular weight excluding hydrogens is 433 g/mol. The lowest BCUT2D eigenvalue weighted by Crippen LogP contribution is -2.27. The van der Waals surface area contributed by atoms with Crippen LogP contribution < -0.4 is 15.5 Å². The zero-order valence-electron chi connectivity index (χ0n) is 18.9. The van der Waals surface area contributed by atoms with E-state index in [2.05, 4.69) is 15.5 Å². The number of nitrogens with one attached hydrogen (secondary N) is 2. The molecule has 6 nitrogen and oxygen atoms in total. The highest BCUT2D eigenvalue weighted by Crippen LogP contribution is 2.27. The van der Waals surface area contributed by atoms with Crippen molar-refractivity contribution in [1.29, 1.82) is 0 Å². The Morgan fingerprint density at radius 1 is 0.912 bits per heavy atom. The van der Waals surface area contributed by atoms with E-state index in [-0.39, 0.29) is 30.8 Å². The summed E-state index contributed by atoms with van der Waals surface area (Å²) in [7, 11) is 0. The Labute approximate surface area is 198 Å². The lowest BCUT2D eigenvalue weighted by atomic mass is 10.1. The van der Waals surface area contributed by atoms with Crippen LogP contribution in [0.15, 0.2) is 72.8 Å². The first-order valence-corrected chi connectivity index (χ1v) is 11.4. The molecule has 3 aromatic carbocycles. The van der Waals surface area contributed by atoms with Crippen molar-refractivity contribution >= 4 is 23.2 Å². The maximum absolute atomic E-state index is 13.2.